The summed E-state index contributed by atoms with van der Waals surface area (Å²) in [7, 11) is 0. The molecule has 1 heterocycles. The van der Waals surface area contributed by atoms with Gasteiger partial charge >= 0.3 is 0 Å². The third kappa shape index (κ3) is 6.02. The van der Waals surface area contributed by atoms with E-state index in [1.54, 1.807) is 0 Å². The van der Waals surface area contributed by atoms with Gasteiger partial charge in [-0.1, -0.05) is 18.2 Å². The quantitative estimate of drug-likeness (QED) is 0.417. The van der Waals surface area contributed by atoms with Gasteiger partial charge in [0.2, 0.25) is 0 Å². The second kappa shape index (κ2) is 9.22. The molecular weight excluding hydrogens is 425 g/mol. The van der Waals surface area contributed by atoms with Crippen LogP contribution in [0.5, 0.6) is 0 Å². The molecule has 0 spiro atoms. The fraction of sp³-hybridized carbons (Fsp3) is 0.474. The van der Waals surface area contributed by atoms with Gasteiger partial charge < -0.3 is 10.6 Å². The number of nitrogens with zero attached hydrogens (tertiary/aromatic N) is 3. The number of guanidine groups is 1. The molecule has 0 fully saturated rings. The Morgan fingerprint density at radius 3 is 2.36 bits per heavy atom. The summed E-state index contributed by atoms with van der Waals surface area (Å²) in [6, 6.07) is 10.2. The lowest BCUT2D eigenvalue weighted by atomic mass is 10.1. The van der Waals surface area contributed by atoms with Gasteiger partial charge in [-0.25, -0.2) is 9.67 Å². The van der Waals surface area contributed by atoms with Crippen LogP contribution in [0.3, 0.4) is 0 Å². The zero-order valence-electron chi connectivity index (χ0n) is 16.1. The molecule has 0 aliphatic carbocycles. The van der Waals surface area contributed by atoms with Crippen LogP contribution in [0.25, 0.3) is 5.69 Å². The van der Waals surface area contributed by atoms with Crippen LogP contribution in [-0.2, 0) is 6.54 Å². The van der Waals surface area contributed by atoms with Crippen molar-refractivity contribution in [1.82, 2.24) is 20.4 Å². The predicted octanol–water partition coefficient (Wildman–Crippen LogP) is 3.96. The molecule has 2 N–H and O–H groups in total. The van der Waals surface area contributed by atoms with Crippen molar-refractivity contribution < 1.29 is 0 Å². The van der Waals surface area contributed by atoms with Crippen LogP contribution in [0.4, 0.5) is 0 Å². The van der Waals surface area contributed by atoms with Crippen molar-refractivity contribution in [2.45, 2.75) is 53.6 Å². The highest BCUT2D eigenvalue weighted by Crippen LogP contribution is 2.18. The lowest BCUT2D eigenvalue weighted by molar-refractivity contribution is 0.501. The smallest absolute Gasteiger partial charge is 0.191 e. The van der Waals surface area contributed by atoms with Crippen molar-refractivity contribution in [1.29, 1.82) is 0 Å². The van der Waals surface area contributed by atoms with Crippen LogP contribution in [0.15, 0.2) is 35.3 Å². The van der Waals surface area contributed by atoms with Gasteiger partial charge in [0.1, 0.15) is 0 Å². The predicted molar refractivity (Wildman–Crippen MR) is 116 cm³/mol. The molecule has 2 aromatic rings. The molecule has 0 aliphatic heterocycles. The van der Waals surface area contributed by atoms with Crippen molar-refractivity contribution in [3.63, 3.8) is 0 Å². The van der Waals surface area contributed by atoms with Crippen molar-refractivity contribution in [2.24, 2.45) is 4.99 Å². The summed E-state index contributed by atoms with van der Waals surface area (Å²) in [4.78, 5) is 4.74. The van der Waals surface area contributed by atoms with Crippen LogP contribution in [0.1, 0.15) is 44.6 Å². The number of para-hydroxylation sites is 1. The highest BCUT2D eigenvalue weighted by atomic mass is 127. The van der Waals surface area contributed by atoms with Gasteiger partial charge in [0, 0.05) is 23.3 Å². The molecule has 2 rings (SSSR count). The Bertz CT molecular complexity index is 699. The summed E-state index contributed by atoms with van der Waals surface area (Å²) < 4.78 is 1.99. The molecule has 0 amide bonds. The van der Waals surface area contributed by atoms with E-state index in [0.717, 1.165) is 29.6 Å². The first-order chi connectivity index (χ1) is 11.3. The Hall–Kier alpha value is -1.57. The number of nitrogens with one attached hydrogen (secondary N) is 2. The van der Waals surface area contributed by atoms with Gasteiger partial charge in [0.15, 0.2) is 5.96 Å². The average Bonchev–Trinajstić information content (AvgIpc) is 2.79. The van der Waals surface area contributed by atoms with E-state index in [0.29, 0.717) is 6.54 Å². The third-order valence-corrected chi connectivity index (χ3v) is 3.67. The molecule has 0 radical (unpaired) electrons. The van der Waals surface area contributed by atoms with E-state index in [1.165, 1.54) is 5.56 Å². The van der Waals surface area contributed by atoms with Crippen LogP contribution in [0.2, 0.25) is 0 Å². The lowest BCUT2D eigenvalue weighted by Crippen LogP contribution is -2.47. The number of hydrogen-bond acceptors (Lipinski definition) is 2. The van der Waals surface area contributed by atoms with E-state index < -0.39 is 0 Å². The summed E-state index contributed by atoms with van der Waals surface area (Å²) in [6.45, 7) is 14.0. The third-order valence-electron chi connectivity index (χ3n) is 3.67. The molecule has 1 aromatic heterocycles. The van der Waals surface area contributed by atoms with Gasteiger partial charge in [0.05, 0.1) is 17.9 Å². The number of aliphatic imine (C=N–C) groups is 1. The van der Waals surface area contributed by atoms with Crippen molar-refractivity contribution in [3.05, 3.63) is 47.3 Å². The molecular formula is C19H30IN5. The summed E-state index contributed by atoms with van der Waals surface area (Å²) in [5.74, 6) is 0.830. The second-order valence-corrected chi connectivity index (χ2v) is 6.97. The Morgan fingerprint density at radius 1 is 1.16 bits per heavy atom. The van der Waals surface area contributed by atoms with Crippen LogP contribution in [0, 0.1) is 13.8 Å². The monoisotopic (exact) mass is 455 g/mol. The van der Waals surface area contributed by atoms with E-state index in [4.69, 9.17) is 4.99 Å². The fourth-order valence-corrected chi connectivity index (χ4v) is 2.54. The van der Waals surface area contributed by atoms with E-state index in [-0.39, 0.29) is 29.5 Å². The van der Waals surface area contributed by atoms with Crippen molar-refractivity contribution >= 4 is 29.9 Å². The van der Waals surface area contributed by atoms with Crippen molar-refractivity contribution in [3.8, 4) is 5.69 Å². The normalized spacial score (nSPS) is 11.8. The van der Waals surface area contributed by atoms with Gasteiger partial charge in [-0.3, -0.25) is 0 Å². The Kier molecular flexibility index (Phi) is 7.92. The van der Waals surface area contributed by atoms with E-state index in [2.05, 4.69) is 62.5 Å². The number of rotatable bonds is 4. The molecule has 0 unspecified atom stereocenters. The standard InChI is InChI=1S/C19H29N5.HI/c1-7-20-18(22-19(4,5)6)21-13-17-14(2)23-24(15(17)3)16-11-9-8-10-12-16;/h8-12H,7,13H2,1-6H3,(H2,20,21,22);1H. The zero-order chi connectivity index (χ0) is 17.7. The minimum absolute atomic E-state index is 0. The fourth-order valence-electron chi connectivity index (χ4n) is 2.54. The highest BCUT2D eigenvalue weighted by molar-refractivity contribution is 14.0. The van der Waals surface area contributed by atoms with Crippen LogP contribution >= 0.6 is 24.0 Å². The maximum atomic E-state index is 4.74. The minimum Gasteiger partial charge on any atom is -0.357 e. The molecule has 0 bridgehead atoms. The van der Waals surface area contributed by atoms with E-state index in [1.807, 2.05) is 29.8 Å². The Balaban J connectivity index is 0.00000312. The number of aryl methyl sites for hydroxylation is 1. The lowest BCUT2D eigenvalue weighted by Gasteiger charge is -2.23. The van der Waals surface area contributed by atoms with Crippen molar-refractivity contribution in [2.75, 3.05) is 6.54 Å². The van der Waals surface area contributed by atoms with Gasteiger partial charge in [0.25, 0.3) is 0 Å². The number of halogens is 1. The number of hydrogen-bond donors (Lipinski definition) is 2. The second-order valence-electron chi connectivity index (χ2n) is 6.97. The molecule has 6 heteroatoms. The highest BCUT2D eigenvalue weighted by Gasteiger charge is 2.14. The SMILES string of the molecule is CCNC(=NCc1c(C)nn(-c2ccccc2)c1C)NC(C)(C)C.I. The summed E-state index contributed by atoms with van der Waals surface area (Å²) in [5.41, 5.74) is 4.37. The molecule has 138 valence electrons. The molecule has 1 aromatic carbocycles. The average molecular weight is 455 g/mol. The number of aromatic nitrogens is 2. The van der Waals surface area contributed by atoms with Gasteiger partial charge in [-0.05, 0) is 53.7 Å². The zero-order valence-corrected chi connectivity index (χ0v) is 18.4. The first kappa shape index (κ1) is 21.5. The van der Waals surface area contributed by atoms with Gasteiger partial charge in [-0.15, -0.1) is 24.0 Å². The van der Waals surface area contributed by atoms with Gasteiger partial charge in [-0.2, -0.15) is 5.10 Å². The Morgan fingerprint density at radius 2 is 1.80 bits per heavy atom. The molecule has 0 atom stereocenters. The van der Waals surface area contributed by atoms with Crippen LogP contribution in [-0.4, -0.2) is 27.8 Å². The first-order valence-corrected chi connectivity index (χ1v) is 8.49. The molecule has 0 aliphatic rings. The Labute approximate surface area is 168 Å². The minimum atomic E-state index is -0.0285. The first-order valence-electron chi connectivity index (χ1n) is 8.49. The largest absolute Gasteiger partial charge is 0.357 e. The topological polar surface area (TPSA) is 54.2 Å². The maximum Gasteiger partial charge on any atom is 0.191 e. The molecule has 25 heavy (non-hydrogen) atoms. The molecule has 0 saturated heterocycles. The summed E-state index contributed by atoms with van der Waals surface area (Å²) in [5, 5.41) is 11.4. The molecule has 0 saturated carbocycles. The maximum absolute atomic E-state index is 4.74. The summed E-state index contributed by atoms with van der Waals surface area (Å²) in [6.07, 6.45) is 0. The molecule has 5 nitrogen and oxygen atoms in total. The van der Waals surface area contributed by atoms with E-state index in [9.17, 15) is 0 Å². The number of benzene rings is 1. The summed E-state index contributed by atoms with van der Waals surface area (Å²) >= 11 is 0. The van der Waals surface area contributed by atoms with E-state index >= 15 is 0 Å². The van der Waals surface area contributed by atoms with Crippen LogP contribution < -0.4 is 10.6 Å².